The Kier molecular flexibility index (Phi) is 5.08. The number of fused-ring (bicyclic) bond motifs is 1. The van der Waals surface area contributed by atoms with Crippen LogP contribution in [0.15, 0.2) is 35.0 Å². The summed E-state index contributed by atoms with van der Waals surface area (Å²) in [5.41, 5.74) is 3.79. The van der Waals surface area contributed by atoms with Crippen LogP contribution in [-0.2, 0) is 4.79 Å². The van der Waals surface area contributed by atoms with Gasteiger partial charge in [0.05, 0.1) is 24.2 Å². The number of nitrogens with one attached hydrogen (secondary N) is 2. The first-order chi connectivity index (χ1) is 13.9. The maximum absolute atomic E-state index is 12.6. The molecule has 1 amide bonds. The zero-order chi connectivity index (χ0) is 20.7. The van der Waals surface area contributed by atoms with E-state index in [2.05, 4.69) is 37.5 Å². The van der Waals surface area contributed by atoms with Gasteiger partial charge in [-0.2, -0.15) is 5.26 Å². The second-order valence-electron chi connectivity index (χ2n) is 8.77. The number of carbonyl (C=O) groups is 1. The Labute approximate surface area is 172 Å². The number of hydrogen-bond acceptors (Lipinski definition) is 5. The topological polar surface area (TPSA) is 80.5 Å². The van der Waals surface area contributed by atoms with E-state index in [1.54, 1.807) is 13.0 Å². The van der Waals surface area contributed by atoms with E-state index in [4.69, 9.17) is 4.99 Å². The quantitative estimate of drug-likeness (QED) is 0.827. The lowest BCUT2D eigenvalue weighted by molar-refractivity contribution is -0.117. The molecule has 1 saturated carbocycles. The summed E-state index contributed by atoms with van der Waals surface area (Å²) in [6, 6.07) is 8.04. The Morgan fingerprint density at radius 3 is 2.69 bits per heavy atom. The van der Waals surface area contributed by atoms with Crippen LogP contribution < -0.4 is 15.5 Å². The van der Waals surface area contributed by atoms with E-state index in [1.165, 1.54) is 5.57 Å². The number of anilines is 1. The van der Waals surface area contributed by atoms with Crippen molar-refractivity contribution < 1.29 is 4.79 Å². The number of hydrogen-bond donors (Lipinski definition) is 2. The first kappa shape index (κ1) is 19.5. The van der Waals surface area contributed by atoms with Crippen LogP contribution in [0.1, 0.15) is 57.7 Å². The second-order valence-corrected chi connectivity index (χ2v) is 8.77. The average molecular weight is 392 g/mol. The van der Waals surface area contributed by atoms with Gasteiger partial charge in [-0.05, 0) is 54.0 Å². The number of carbonyl (C=O) groups excluding carboxylic acids is 1. The molecule has 1 aromatic rings. The molecule has 152 valence electrons. The molecule has 3 atom stereocenters. The third kappa shape index (κ3) is 3.62. The minimum absolute atomic E-state index is 0.0141. The van der Waals surface area contributed by atoms with Crippen LogP contribution in [-0.4, -0.2) is 24.5 Å². The minimum atomic E-state index is -0.0141. The van der Waals surface area contributed by atoms with Crippen LogP contribution in [0.3, 0.4) is 0 Å². The molecule has 0 spiro atoms. The molecular formula is C23H29N5O. The molecule has 2 aliphatic heterocycles. The summed E-state index contributed by atoms with van der Waals surface area (Å²) in [7, 11) is 0. The SMILES string of the molecule is CC(=O)N1c2ccc(C#N)cc2[C@H](NC2=NCC(C(C)C)=CN2)[C@@H](C)[C@@H]1C1CC1. The predicted octanol–water partition coefficient (Wildman–Crippen LogP) is 3.47. The summed E-state index contributed by atoms with van der Waals surface area (Å²) in [5, 5.41) is 16.3. The number of nitriles is 1. The first-order valence-corrected chi connectivity index (χ1v) is 10.5. The highest BCUT2D eigenvalue weighted by atomic mass is 16.2. The van der Waals surface area contributed by atoms with Crippen molar-refractivity contribution in [2.45, 2.75) is 52.6 Å². The van der Waals surface area contributed by atoms with Gasteiger partial charge in [0, 0.05) is 30.8 Å². The second kappa shape index (κ2) is 7.55. The van der Waals surface area contributed by atoms with Crippen LogP contribution in [0, 0.1) is 29.1 Å². The Balaban J connectivity index is 1.70. The normalized spacial score (nSPS) is 26.1. The standard InChI is InChI=1S/C23H29N5O/c1-13(2)18-11-25-23(26-12-18)27-21-14(3)22(17-6-7-17)28(15(4)29)20-8-5-16(10-24)9-19(20)21/h5,8-9,11,13-14,17,21-22H,6-7,12H2,1-4H3,(H2,25,26,27)/t14-,21-,22-/m1/s1. The van der Waals surface area contributed by atoms with Gasteiger partial charge in [0.2, 0.25) is 5.91 Å². The molecule has 0 bridgehead atoms. The third-order valence-electron chi connectivity index (χ3n) is 6.41. The van der Waals surface area contributed by atoms with E-state index in [9.17, 15) is 10.1 Å². The van der Waals surface area contributed by atoms with Crippen molar-refractivity contribution in [2.24, 2.45) is 22.7 Å². The summed E-state index contributed by atoms with van der Waals surface area (Å²) in [4.78, 5) is 19.3. The van der Waals surface area contributed by atoms with Gasteiger partial charge in [-0.25, -0.2) is 4.99 Å². The number of guanidine groups is 1. The van der Waals surface area contributed by atoms with Gasteiger partial charge in [0.15, 0.2) is 5.96 Å². The first-order valence-electron chi connectivity index (χ1n) is 10.5. The number of benzene rings is 1. The molecule has 6 heteroatoms. The molecule has 6 nitrogen and oxygen atoms in total. The molecule has 29 heavy (non-hydrogen) atoms. The zero-order valence-electron chi connectivity index (χ0n) is 17.6. The molecule has 2 N–H and O–H groups in total. The van der Waals surface area contributed by atoms with E-state index >= 15 is 0 Å². The van der Waals surface area contributed by atoms with Gasteiger partial charge in [0.25, 0.3) is 0 Å². The Morgan fingerprint density at radius 2 is 2.14 bits per heavy atom. The third-order valence-corrected chi connectivity index (χ3v) is 6.41. The molecule has 0 radical (unpaired) electrons. The highest BCUT2D eigenvalue weighted by Crippen LogP contribution is 2.49. The van der Waals surface area contributed by atoms with Gasteiger partial charge < -0.3 is 15.5 Å². The van der Waals surface area contributed by atoms with Gasteiger partial charge in [-0.3, -0.25) is 4.79 Å². The Hall–Kier alpha value is -2.81. The van der Waals surface area contributed by atoms with Crippen molar-refractivity contribution in [1.29, 1.82) is 5.26 Å². The molecule has 1 aliphatic carbocycles. The van der Waals surface area contributed by atoms with Crippen molar-refractivity contribution in [1.82, 2.24) is 10.6 Å². The summed E-state index contributed by atoms with van der Waals surface area (Å²) in [6.07, 6.45) is 4.37. The molecule has 3 aliphatic rings. The molecule has 2 heterocycles. The van der Waals surface area contributed by atoms with E-state index in [1.807, 2.05) is 23.2 Å². The van der Waals surface area contributed by atoms with E-state index in [0.29, 0.717) is 23.9 Å². The number of nitrogens with zero attached hydrogens (tertiary/aromatic N) is 3. The van der Waals surface area contributed by atoms with Crippen LogP contribution >= 0.6 is 0 Å². The molecule has 0 saturated heterocycles. The monoisotopic (exact) mass is 391 g/mol. The minimum Gasteiger partial charge on any atom is -0.349 e. The number of aliphatic imine (C=N–C) groups is 1. The summed E-state index contributed by atoms with van der Waals surface area (Å²) in [6.45, 7) is 8.87. The van der Waals surface area contributed by atoms with Gasteiger partial charge in [0.1, 0.15) is 0 Å². The van der Waals surface area contributed by atoms with Crippen LogP contribution in [0.25, 0.3) is 0 Å². The average Bonchev–Trinajstić information content (AvgIpc) is 3.54. The van der Waals surface area contributed by atoms with Crippen LogP contribution in [0.4, 0.5) is 5.69 Å². The molecule has 1 fully saturated rings. The number of rotatable bonds is 3. The van der Waals surface area contributed by atoms with E-state index in [-0.39, 0.29) is 23.9 Å². The van der Waals surface area contributed by atoms with Crippen molar-refractivity contribution in [2.75, 3.05) is 11.4 Å². The summed E-state index contributed by atoms with van der Waals surface area (Å²) < 4.78 is 0. The molecule has 4 rings (SSSR count). The fourth-order valence-electron chi connectivity index (χ4n) is 4.64. The molecule has 0 aromatic heterocycles. The summed E-state index contributed by atoms with van der Waals surface area (Å²) >= 11 is 0. The highest BCUT2D eigenvalue weighted by Gasteiger charge is 2.47. The molecule has 0 unspecified atom stereocenters. The maximum atomic E-state index is 12.6. The number of amides is 1. The summed E-state index contributed by atoms with van der Waals surface area (Å²) in [5.74, 6) is 2.02. The maximum Gasteiger partial charge on any atom is 0.224 e. The smallest absolute Gasteiger partial charge is 0.224 e. The van der Waals surface area contributed by atoms with Crippen molar-refractivity contribution in [3.63, 3.8) is 0 Å². The lowest BCUT2D eigenvalue weighted by atomic mass is 9.79. The van der Waals surface area contributed by atoms with Crippen LogP contribution in [0.5, 0.6) is 0 Å². The largest absolute Gasteiger partial charge is 0.349 e. The Bertz CT molecular complexity index is 922. The fraction of sp³-hybridized carbons (Fsp3) is 0.522. The van der Waals surface area contributed by atoms with Gasteiger partial charge in [-0.1, -0.05) is 20.8 Å². The van der Waals surface area contributed by atoms with Crippen LogP contribution in [0.2, 0.25) is 0 Å². The van der Waals surface area contributed by atoms with Crippen molar-refractivity contribution in [3.05, 3.63) is 41.1 Å². The van der Waals surface area contributed by atoms with Crippen molar-refractivity contribution in [3.8, 4) is 6.07 Å². The fourth-order valence-corrected chi connectivity index (χ4v) is 4.64. The highest BCUT2D eigenvalue weighted by molar-refractivity contribution is 5.94. The van der Waals surface area contributed by atoms with Crippen molar-refractivity contribution >= 4 is 17.6 Å². The lowest BCUT2D eigenvalue weighted by Crippen LogP contribution is -2.54. The van der Waals surface area contributed by atoms with Gasteiger partial charge >= 0.3 is 0 Å². The van der Waals surface area contributed by atoms with E-state index in [0.717, 1.165) is 30.1 Å². The Morgan fingerprint density at radius 1 is 1.38 bits per heavy atom. The molecule has 1 aromatic carbocycles. The lowest BCUT2D eigenvalue weighted by Gasteiger charge is -2.46. The predicted molar refractivity (Wildman–Crippen MR) is 114 cm³/mol. The van der Waals surface area contributed by atoms with Gasteiger partial charge in [-0.15, -0.1) is 0 Å². The van der Waals surface area contributed by atoms with E-state index < -0.39 is 0 Å². The molecular weight excluding hydrogens is 362 g/mol. The zero-order valence-corrected chi connectivity index (χ0v) is 17.6.